The van der Waals surface area contributed by atoms with Crippen molar-refractivity contribution in [2.24, 2.45) is 0 Å². The number of hydrogen-bond acceptors (Lipinski definition) is 4. The molecule has 34 heavy (non-hydrogen) atoms. The Balaban J connectivity index is 1.19. The number of nitrogens with zero attached hydrogens (tertiary/aromatic N) is 2. The van der Waals surface area contributed by atoms with E-state index in [2.05, 4.69) is 39.1 Å². The zero-order chi connectivity index (χ0) is 23.8. The van der Waals surface area contributed by atoms with Crippen LogP contribution in [0.25, 0.3) is 6.08 Å². The normalized spacial score (nSPS) is 11.2. The smallest absolute Gasteiger partial charge is 0.300 e. The molecule has 2 heterocycles. The fourth-order valence-corrected chi connectivity index (χ4v) is 4.56. The van der Waals surface area contributed by atoms with Crippen LogP contribution in [-0.4, -0.2) is 21.5 Å². The highest BCUT2D eigenvalue weighted by atomic mass is 32.2. The van der Waals surface area contributed by atoms with E-state index in [0.29, 0.717) is 5.56 Å². The number of rotatable bonds is 15. The zero-order valence-corrected chi connectivity index (χ0v) is 20.5. The molecule has 2 aromatic heterocycles. The van der Waals surface area contributed by atoms with Gasteiger partial charge in [-0.3, -0.25) is 4.79 Å². The van der Waals surface area contributed by atoms with Crippen LogP contribution in [0.4, 0.5) is 0 Å². The molecule has 0 aliphatic rings. The van der Waals surface area contributed by atoms with Crippen molar-refractivity contribution in [1.82, 2.24) is 9.97 Å². The first-order valence-electron chi connectivity index (χ1n) is 12.2. The highest BCUT2D eigenvalue weighted by Gasteiger charge is 2.02. The van der Waals surface area contributed by atoms with E-state index in [9.17, 15) is 9.59 Å². The molecule has 0 amide bonds. The Morgan fingerprint density at radius 3 is 2.26 bits per heavy atom. The van der Waals surface area contributed by atoms with Crippen LogP contribution in [0.1, 0.15) is 67.3 Å². The SMILES string of the molecule is O=C(/C=C/c1cc[n+](CCCCCCCCCCSc2ccnc(=O)[nH]2)cc1)c1ccccc1. The number of aromatic nitrogens is 3. The maximum absolute atomic E-state index is 12.2. The molecule has 178 valence electrons. The summed E-state index contributed by atoms with van der Waals surface area (Å²) in [6.45, 7) is 1.03. The summed E-state index contributed by atoms with van der Waals surface area (Å²) in [4.78, 5) is 29.7. The number of aromatic amines is 1. The summed E-state index contributed by atoms with van der Waals surface area (Å²) in [7, 11) is 0. The summed E-state index contributed by atoms with van der Waals surface area (Å²) in [5.41, 5.74) is 1.47. The molecule has 0 saturated carbocycles. The van der Waals surface area contributed by atoms with Crippen molar-refractivity contribution in [2.75, 3.05) is 5.75 Å². The van der Waals surface area contributed by atoms with Crippen molar-refractivity contribution in [3.8, 4) is 0 Å². The molecule has 5 nitrogen and oxygen atoms in total. The zero-order valence-electron chi connectivity index (χ0n) is 19.7. The Morgan fingerprint density at radius 1 is 0.882 bits per heavy atom. The molecular weight excluding hydrogens is 442 g/mol. The summed E-state index contributed by atoms with van der Waals surface area (Å²) >= 11 is 1.69. The first-order chi connectivity index (χ1) is 16.7. The second-order valence-electron chi connectivity index (χ2n) is 8.35. The lowest BCUT2D eigenvalue weighted by molar-refractivity contribution is -0.697. The van der Waals surface area contributed by atoms with Gasteiger partial charge in [0.25, 0.3) is 0 Å². The van der Waals surface area contributed by atoms with Gasteiger partial charge in [-0.15, -0.1) is 11.8 Å². The van der Waals surface area contributed by atoms with Crippen molar-refractivity contribution in [3.05, 3.63) is 94.8 Å². The van der Waals surface area contributed by atoms with Gasteiger partial charge in [0.15, 0.2) is 18.2 Å². The lowest BCUT2D eigenvalue weighted by Gasteiger charge is -2.03. The molecule has 3 aromatic rings. The molecule has 6 heteroatoms. The summed E-state index contributed by atoms with van der Waals surface area (Å²) in [5, 5.41) is 0.905. The number of H-pyrrole nitrogens is 1. The second-order valence-corrected chi connectivity index (χ2v) is 9.49. The Labute approximate surface area is 206 Å². The van der Waals surface area contributed by atoms with Gasteiger partial charge in [-0.25, -0.2) is 14.3 Å². The van der Waals surface area contributed by atoms with E-state index in [1.54, 1.807) is 24.0 Å². The number of allylic oxidation sites excluding steroid dienone is 1. The Kier molecular flexibility index (Phi) is 11.3. The third-order valence-electron chi connectivity index (χ3n) is 5.62. The van der Waals surface area contributed by atoms with Gasteiger partial charge in [-0.2, -0.15) is 0 Å². The van der Waals surface area contributed by atoms with Crippen LogP contribution >= 0.6 is 11.8 Å². The fraction of sp³-hybridized carbons (Fsp3) is 0.357. The molecule has 0 bridgehead atoms. The van der Waals surface area contributed by atoms with Crippen LogP contribution in [0.5, 0.6) is 0 Å². The van der Waals surface area contributed by atoms with Gasteiger partial charge in [0.1, 0.15) is 6.54 Å². The average molecular weight is 477 g/mol. The van der Waals surface area contributed by atoms with Crippen molar-refractivity contribution >= 4 is 23.6 Å². The van der Waals surface area contributed by atoms with Gasteiger partial charge in [0.05, 0.1) is 5.03 Å². The Morgan fingerprint density at radius 2 is 1.56 bits per heavy atom. The van der Waals surface area contributed by atoms with Crippen LogP contribution in [0, 0.1) is 0 Å². The van der Waals surface area contributed by atoms with Crippen LogP contribution in [0.15, 0.2) is 83.0 Å². The Bertz CT molecular complexity index is 1080. The van der Waals surface area contributed by atoms with E-state index >= 15 is 0 Å². The third-order valence-corrected chi connectivity index (χ3v) is 6.66. The second kappa shape index (κ2) is 15.0. The van der Waals surface area contributed by atoms with Gasteiger partial charge >= 0.3 is 5.69 Å². The van der Waals surface area contributed by atoms with E-state index in [1.807, 2.05) is 42.5 Å². The minimum absolute atomic E-state index is 0.0266. The van der Waals surface area contributed by atoms with Crippen LogP contribution in [0.3, 0.4) is 0 Å². The van der Waals surface area contributed by atoms with Crippen LogP contribution < -0.4 is 10.3 Å². The molecule has 1 N–H and O–H groups in total. The number of aryl methyl sites for hydroxylation is 1. The molecule has 3 rings (SSSR count). The first kappa shape index (κ1) is 25.6. The molecule has 0 unspecified atom stereocenters. The number of ketones is 1. The number of carbonyl (C=O) groups excluding carboxylic acids is 1. The quantitative estimate of drug-likeness (QED) is 0.0744. The number of pyridine rings is 1. The molecule has 0 atom stereocenters. The summed E-state index contributed by atoms with van der Waals surface area (Å²) in [5.74, 6) is 1.06. The number of benzene rings is 1. The van der Waals surface area contributed by atoms with E-state index < -0.39 is 0 Å². The molecule has 0 radical (unpaired) electrons. The molecule has 0 aliphatic carbocycles. The number of thioether (sulfide) groups is 1. The highest BCUT2D eigenvalue weighted by molar-refractivity contribution is 7.99. The van der Waals surface area contributed by atoms with Gasteiger partial charge in [0, 0.05) is 30.3 Å². The van der Waals surface area contributed by atoms with Gasteiger partial charge in [-0.1, -0.05) is 68.5 Å². The monoisotopic (exact) mass is 476 g/mol. The molecule has 0 spiro atoms. The van der Waals surface area contributed by atoms with E-state index in [-0.39, 0.29) is 11.5 Å². The summed E-state index contributed by atoms with van der Waals surface area (Å²) < 4.78 is 2.21. The molecular formula is C28H34N3O2S+. The molecule has 1 aromatic carbocycles. The van der Waals surface area contributed by atoms with E-state index in [4.69, 9.17) is 0 Å². The van der Waals surface area contributed by atoms with Crippen molar-refractivity contribution < 1.29 is 9.36 Å². The largest absolute Gasteiger partial charge is 0.345 e. The lowest BCUT2D eigenvalue weighted by Crippen LogP contribution is -2.32. The predicted octanol–water partition coefficient (Wildman–Crippen LogP) is 5.87. The number of nitrogens with one attached hydrogen (secondary N) is 1. The number of unbranched alkanes of at least 4 members (excludes halogenated alkanes) is 7. The molecule has 0 saturated heterocycles. The van der Waals surface area contributed by atoms with Crippen molar-refractivity contribution in [2.45, 2.75) is 62.9 Å². The first-order valence-corrected chi connectivity index (χ1v) is 13.1. The van der Waals surface area contributed by atoms with Gasteiger partial charge in [-0.05, 0) is 36.3 Å². The number of carbonyl (C=O) groups is 1. The predicted molar refractivity (Wildman–Crippen MR) is 139 cm³/mol. The maximum atomic E-state index is 12.2. The highest BCUT2D eigenvalue weighted by Crippen LogP contribution is 2.16. The molecule has 0 fully saturated rings. The van der Waals surface area contributed by atoms with E-state index in [0.717, 1.165) is 22.9 Å². The number of hydrogen-bond donors (Lipinski definition) is 1. The Hall–Kier alpha value is -2.99. The van der Waals surface area contributed by atoms with Crippen LogP contribution in [-0.2, 0) is 6.54 Å². The topological polar surface area (TPSA) is 66.7 Å². The lowest BCUT2D eigenvalue weighted by atomic mass is 10.1. The standard InChI is InChI=1S/C28H33N3O2S/c32-26(25-12-8-7-9-13-25)15-14-24-17-21-31(22-18-24)20-10-5-3-1-2-4-6-11-23-34-27-16-19-29-28(33)30-27/h7-9,12-19,21-22H,1-6,10-11,20,23H2/p+1/b15-14+. The van der Waals surface area contributed by atoms with Crippen molar-refractivity contribution in [1.29, 1.82) is 0 Å². The minimum Gasteiger partial charge on any atom is -0.300 e. The summed E-state index contributed by atoms with van der Waals surface area (Å²) in [6, 6.07) is 15.3. The molecule has 0 aliphatic heterocycles. The van der Waals surface area contributed by atoms with Crippen LogP contribution in [0.2, 0.25) is 0 Å². The third kappa shape index (κ3) is 9.87. The maximum Gasteiger partial charge on any atom is 0.345 e. The minimum atomic E-state index is -0.273. The van der Waals surface area contributed by atoms with Gasteiger partial charge < -0.3 is 4.98 Å². The summed E-state index contributed by atoms with van der Waals surface area (Å²) in [6.07, 6.45) is 19.3. The van der Waals surface area contributed by atoms with Gasteiger partial charge in [0.2, 0.25) is 0 Å². The van der Waals surface area contributed by atoms with E-state index in [1.165, 1.54) is 51.4 Å². The van der Waals surface area contributed by atoms with Crippen molar-refractivity contribution in [3.63, 3.8) is 0 Å². The fourth-order valence-electron chi connectivity index (χ4n) is 3.68. The average Bonchev–Trinajstić information content (AvgIpc) is 2.87.